The summed E-state index contributed by atoms with van der Waals surface area (Å²) in [5.74, 6) is 1.03. The minimum absolute atomic E-state index is 0.00679. The number of aromatic hydroxyl groups is 1. The molecular formula is C28H39BrN2O4. The molecule has 192 valence electrons. The van der Waals surface area contributed by atoms with Crippen molar-refractivity contribution in [3.8, 4) is 17.2 Å². The van der Waals surface area contributed by atoms with E-state index in [1.807, 2.05) is 0 Å². The number of hydrazone groups is 1. The zero-order chi connectivity index (χ0) is 26.2. The third-order valence-electron chi connectivity index (χ3n) is 6.74. The fourth-order valence-electron chi connectivity index (χ4n) is 3.47. The van der Waals surface area contributed by atoms with E-state index in [1.54, 1.807) is 12.1 Å². The molecule has 2 aromatic rings. The number of carbonyl (C=O) groups is 1. The number of amides is 1. The van der Waals surface area contributed by atoms with Crippen LogP contribution in [0.4, 0.5) is 0 Å². The van der Waals surface area contributed by atoms with Crippen LogP contribution in [0.15, 0.2) is 39.9 Å². The van der Waals surface area contributed by atoms with Crippen molar-refractivity contribution < 1.29 is 19.4 Å². The molecule has 1 amide bonds. The van der Waals surface area contributed by atoms with Gasteiger partial charge in [0, 0.05) is 12.0 Å². The van der Waals surface area contributed by atoms with E-state index in [9.17, 15) is 9.90 Å². The highest BCUT2D eigenvalue weighted by Crippen LogP contribution is 2.38. The predicted octanol–water partition coefficient (Wildman–Crippen LogP) is 6.85. The number of rotatable bonds is 12. The Morgan fingerprint density at radius 2 is 1.77 bits per heavy atom. The van der Waals surface area contributed by atoms with E-state index in [2.05, 4.69) is 86.2 Å². The Kier molecular flexibility index (Phi) is 10.2. The average Bonchev–Trinajstić information content (AvgIpc) is 2.83. The number of methoxy groups -OCH3 is 1. The van der Waals surface area contributed by atoms with Crippen molar-refractivity contribution in [3.63, 3.8) is 0 Å². The Bertz CT molecular complexity index is 1050. The molecule has 7 heteroatoms. The summed E-state index contributed by atoms with van der Waals surface area (Å²) < 4.78 is 11.7. The van der Waals surface area contributed by atoms with Crippen molar-refractivity contribution in [2.45, 2.75) is 78.1 Å². The largest absolute Gasteiger partial charge is 0.503 e. The fourth-order valence-corrected chi connectivity index (χ4v) is 3.93. The lowest BCUT2D eigenvalue weighted by atomic mass is 9.76. The molecule has 0 aliphatic heterocycles. The van der Waals surface area contributed by atoms with Crippen LogP contribution in [-0.2, 0) is 15.6 Å². The molecule has 6 nitrogen and oxygen atoms in total. The molecule has 0 saturated carbocycles. The third-order valence-corrected chi connectivity index (χ3v) is 7.34. The van der Waals surface area contributed by atoms with E-state index in [-0.39, 0.29) is 22.5 Å². The number of hydrogen-bond acceptors (Lipinski definition) is 5. The summed E-state index contributed by atoms with van der Waals surface area (Å²) in [6, 6.07) is 9.84. The number of phenolic OH excluding ortho intramolecular Hbond substituents is 1. The average molecular weight is 548 g/mol. The SMILES string of the molecule is CCC(C)(C)c1ccc(OCCCC(=O)NN=Cc2cc(Br)c(O)c(OC)c2)c(C(C)(C)CC)c1. The molecular weight excluding hydrogens is 508 g/mol. The molecule has 0 spiro atoms. The molecule has 2 N–H and O–H groups in total. The van der Waals surface area contributed by atoms with E-state index < -0.39 is 0 Å². The highest BCUT2D eigenvalue weighted by Gasteiger charge is 2.26. The second-order valence-corrected chi connectivity index (χ2v) is 10.8. The van der Waals surface area contributed by atoms with Crippen LogP contribution in [-0.4, -0.2) is 30.9 Å². The van der Waals surface area contributed by atoms with E-state index in [1.165, 1.54) is 24.5 Å². The van der Waals surface area contributed by atoms with E-state index in [0.29, 0.717) is 35.2 Å². The Morgan fingerprint density at radius 1 is 1.09 bits per heavy atom. The number of nitrogens with one attached hydrogen (secondary N) is 1. The van der Waals surface area contributed by atoms with E-state index in [4.69, 9.17) is 9.47 Å². The molecule has 0 unspecified atom stereocenters. The van der Waals surface area contributed by atoms with Gasteiger partial charge in [0.15, 0.2) is 11.5 Å². The Hall–Kier alpha value is -2.54. The van der Waals surface area contributed by atoms with Gasteiger partial charge in [-0.1, -0.05) is 53.7 Å². The van der Waals surface area contributed by atoms with Crippen molar-refractivity contribution in [3.05, 3.63) is 51.5 Å². The van der Waals surface area contributed by atoms with Crippen molar-refractivity contribution in [2.75, 3.05) is 13.7 Å². The lowest BCUT2D eigenvalue weighted by Crippen LogP contribution is -2.21. The maximum atomic E-state index is 12.2. The molecule has 0 aliphatic carbocycles. The molecule has 0 radical (unpaired) electrons. The van der Waals surface area contributed by atoms with Gasteiger partial charge < -0.3 is 14.6 Å². The van der Waals surface area contributed by atoms with Crippen molar-refractivity contribution in [2.24, 2.45) is 5.10 Å². The smallest absolute Gasteiger partial charge is 0.240 e. The fraction of sp³-hybridized carbons (Fsp3) is 0.500. The van der Waals surface area contributed by atoms with Crippen molar-refractivity contribution in [1.82, 2.24) is 5.43 Å². The Labute approximate surface area is 218 Å². The Morgan fingerprint density at radius 3 is 2.40 bits per heavy atom. The molecule has 0 saturated heterocycles. The summed E-state index contributed by atoms with van der Waals surface area (Å²) in [6.45, 7) is 13.9. The maximum Gasteiger partial charge on any atom is 0.240 e. The summed E-state index contributed by atoms with van der Waals surface area (Å²) in [5.41, 5.74) is 5.84. The van der Waals surface area contributed by atoms with Crippen LogP contribution < -0.4 is 14.9 Å². The van der Waals surface area contributed by atoms with Crippen LogP contribution in [0, 0.1) is 0 Å². The van der Waals surface area contributed by atoms with Crippen molar-refractivity contribution >= 4 is 28.1 Å². The zero-order valence-electron chi connectivity index (χ0n) is 22.0. The summed E-state index contributed by atoms with van der Waals surface area (Å²) in [4.78, 5) is 12.2. The summed E-state index contributed by atoms with van der Waals surface area (Å²) >= 11 is 3.27. The number of nitrogens with zero attached hydrogens (tertiary/aromatic N) is 1. The number of hydrogen-bond donors (Lipinski definition) is 2. The molecule has 0 bridgehead atoms. The van der Waals surface area contributed by atoms with E-state index >= 15 is 0 Å². The number of halogens is 1. The van der Waals surface area contributed by atoms with Gasteiger partial charge in [-0.2, -0.15) is 5.10 Å². The summed E-state index contributed by atoms with van der Waals surface area (Å²) in [7, 11) is 1.47. The number of benzene rings is 2. The second-order valence-electron chi connectivity index (χ2n) is 9.98. The molecule has 0 aromatic heterocycles. The van der Waals surface area contributed by atoms with Crippen molar-refractivity contribution in [1.29, 1.82) is 0 Å². The maximum absolute atomic E-state index is 12.2. The minimum Gasteiger partial charge on any atom is -0.503 e. The van der Waals surface area contributed by atoms with Gasteiger partial charge in [0.25, 0.3) is 0 Å². The Balaban J connectivity index is 1.95. The first-order chi connectivity index (χ1) is 16.4. The van der Waals surface area contributed by atoms with Gasteiger partial charge >= 0.3 is 0 Å². The van der Waals surface area contributed by atoms with Crippen LogP contribution in [0.3, 0.4) is 0 Å². The monoisotopic (exact) mass is 546 g/mol. The number of carbonyl (C=O) groups excluding carboxylic acids is 1. The lowest BCUT2D eigenvalue weighted by molar-refractivity contribution is -0.121. The van der Waals surface area contributed by atoms with Gasteiger partial charge in [-0.05, 0) is 75.3 Å². The van der Waals surface area contributed by atoms with Gasteiger partial charge in [-0.3, -0.25) is 4.79 Å². The second kappa shape index (κ2) is 12.4. The lowest BCUT2D eigenvalue weighted by Gasteiger charge is -2.30. The predicted molar refractivity (Wildman–Crippen MR) is 146 cm³/mol. The highest BCUT2D eigenvalue weighted by molar-refractivity contribution is 9.10. The molecule has 0 heterocycles. The van der Waals surface area contributed by atoms with Crippen LogP contribution in [0.5, 0.6) is 17.2 Å². The first-order valence-corrected chi connectivity index (χ1v) is 12.9. The number of phenols is 1. The highest BCUT2D eigenvalue weighted by atomic mass is 79.9. The van der Waals surface area contributed by atoms with E-state index in [0.717, 1.165) is 18.6 Å². The molecule has 0 atom stereocenters. The van der Waals surface area contributed by atoms with Gasteiger partial charge in [-0.15, -0.1) is 0 Å². The first-order valence-electron chi connectivity index (χ1n) is 12.1. The summed E-state index contributed by atoms with van der Waals surface area (Å²) in [6.07, 6.45) is 4.44. The number of ether oxygens (including phenoxy) is 2. The van der Waals surface area contributed by atoms with Crippen LogP contribution in [0.25, 0.3) is 0 Å². The zero-order valence-corrected chi connectivity index (χ0v) is 23.6. The topological polar surface area (TPSA) is 80.2 Å². The third kappa shape index (κ3) is 7.72. The standard InChI is InChI=1S/C28H39BrN2O4/c1-8-27(3,4)20-12-13-23(21(17-20)28(5,6)9-2)35-14-10-11-25(32)31-30-18-19-15-22(29)26(33)24(16-19)34-7/h12-13,15-18,33H,8-11,14H2,1-7H3,(H,31,32). The summed E-state index contributed by atoms with van der Waals surface area (Å²) in [5, 5.41) is 13.9. The molecule has 35 heavy (non-hydrogen) atoms. The molecule has 0 aliphatic rings. The van der Waals surface area contributed by atoms with Crippen LogP contribution in [0.1, 0.15) is 83.9 Å². The quantitative estimate of drug-likeness (QED) is 0.173. The molecule has 2 aromatic carbocycles. The van der Waals surface area contributed by atoms with Gasteiger partial charge in [0.1, 0.15) is 5.75 Å². The van der Waals surface area contributed by atoms with Gasteiger partial charge in [0.2, 0.25) is 5.91 Å². The minimum atomic E-state index is -0.191. The van der Waals surface area contributed by atoms with Gasteiger partial charge in [-0.25, -0.2) is 5.43 Å². The normalized spacial score (nSPS) is 12.1. The van der Waals surface area contributed by atoms with Gasteiger partial charge in [0.05, 0.1) is 24.4 Å². The first kappa shape index (κ1) is 28.7. The van der Waals surface area contributed by atoms with Crippen LogP contribution >= 0.6 is 15.9 Å². The van der Waals surface area contributed by atoms with Crippen LogP contribution in [0.2, 0.25) is 0 Å². The molecule has 2 rings (SSSR count). The molecule has 0 fully saturated rings.